The highest BCUT2D eigenvalue weighted by Crippen LogP contribution is 2.42. The highest BCUT2D eigenvalue weighted by atomic mass is 28.4. The number of rotatable bonds is 10. The van der Waals surface area contributed by atoms with Crippen LogP contribution in [-0.4, -0.2) is 31.1 Å². The van der Waals surface area contributed by atoms with Gasteiger partial charge in [0, 0.05) is 6.42 Å². The maximum Gasteiger partial charge on any atom is 0.340 e. The lowest BCUT2D eigenvalue weighted by Crippen LogP contribution is -2.61. The molecule has 0 aliphatic heterocycles. The third-order valence-corrected chi connectivity index (χ3v) is 10.4. The number of carbonyl (C=O) groups excluding carboxylic acids is 1. The van der Waals surface area contributed by atoms with E-state index in [1.54, 1.807) is 6.08 Å². The van der Waals surface area contributed by atoms with Gasteiger partial charge in [-0.05, 0) is 29.6 Å². The minimum atomic E-state index is -2.38. The van der Waals surface area contributed by atoms with E-state index in [4.69, 9.17) is 9.16 Å². The fourth-order valence-corrected chi connectivity index (χ4v) is 4.32. The van der Waals surface area contributed by atoms with E-state index < -0.39 is 26.0 Å². The zero-order chi connectivity index (χ0) is 21.6. The molecule has 0 unspecified atom stereocenters. The molecule has 0 heterocycles. The Bertz CT molecular complexity index is 636. The Kier molecular flexibility index (Phi) is 8.66. The lowest BCUT2D eigenvalue weighted by molar-refractivity contribution is -0.180. The van der Waals surface area contributed by atoms with Gasteiger partial charge in [0.15, 0.2) is 13.9 Å². The Morgan fingerprint density at radius 1 is 1.25 bits per heavy atom. The Balaban J connectivity index is 3.29. The van der Waals surface area contributed by atoms with Gasteiger partial charge < -0.3 is 14.3 Å². The van der Waals surface area contributed by atoms with Crippen LogP contribution in [0.15, 0.2) is 43.0 Å². The third kappa shape index (κ3) is 5.78. The van der Waals surface area contributed by atoms with E-state index in [0.717, 1.165) is 12.0 Å². The van der Waals surface area contributed by atoms with Crippen molar-refractivity contribution in [3.63, 3.8) is 0 Å². The van der Waals surface area contributed by atoms with Gasteiger partial charge in [-0.15, -0.1) is 6.58 Å². The molecule has 0 fully saturated rings. The number of aliphatic hydroxyl groups excluding tert-OH is 1. The normalized spacial score (nSPS) is 16.7. The van der Waals surface area contributed by atoms with Crippen LogP contribution in [-0.2, 0) is 20.6 Å². The summed E-state index contributed by atoms with van der Waals surface area (Å²) >= 11 is 0. The second-order valence-electron chi connectivity index (χ2n) is 9.14. The summed E-state index contributed by atoms with van der Waals surface area (Å²) in [5, 5.41) is 11.1. The molecule has 5 heteroatoms. The molecule has 0 amide bonds. The summed E-state index contributed by atoms with van der Waals surface area (Å²) in [5.74, 6) is -0.636. The van der Waals surface area contributed by atoms with Crippen molar-refractivity contribution in [1.29, 1.82) is 0 Å². The van der Waals surface area contributed by atoms with Gasteiger partial charge in [-0.1, -0.05) is 77.4 Å². The molecule has 0 radical (unpaired) electrons. The SMILES string of the molecule is C=CC[C@@](O[Si](C)(C)C(C)(C)C)(C(=O)OCc1ccccc1)[C@H](O)[C@@H](C)CC. The smallest absolute Gasteiger partial charge is 0.340 e. The number of hydrogen-bond acceptors (Lipinski definition) is 4. The number of aliphatic hydroxyl groups is 1. The average molecular weight is 407 g/mol. The van der Waals surface area contributed by atoms with Crippen LogP contribution in [0.25, 0.3) is 0 Å². The zero-order valence-corrected chi connectivity index (χ0v) is 19.6. The molecular formula is C23H38O4Si. The molecule has 28 heavy (non-hydrogen) atoms. The van der Waals surface area contributed by atoms with Crippen molar-refractivity contribution in [2.75, 3.05) is 0 Å². The van der Waals surface area contributed by atoms with Crippen LogP contribution in [0.5, 0.6) is 0 Å². The van der Waals surface area contributed by atoms with Gasteiger partial charge in [0.25, 0.3) is 0 Å². The van der Waals surface area contributed by atoms with Gasteiger partial charge in [0.1, 0.15) is 6.61 Å². The van der Waals surface area contributed by atoms with Crippen molar-refractivity contribution < 1.29 is 19.1 Å². The van der Waals surface area contributed by atoms with Crippen LogP contribution in [0.1, 0.15) is 53.0 Å². The molecule has 1 rings (SSSR count). The largest absolute Gasteiger partial charge is 0.459 e. The Hall–Kier alpha value is -1.43. The van der Waals surface area contributed by atoms with Crippen molar-refractivity contribution in [1.82, 2.24) is 0 Å². The first-order valence-electron chi connectivity index (χ1n) is 10.1. The third-order valence-electron chi connectivity index (χ3n) is 5.91. The van der Waals surface area contributed by atoms with Crippen molar-refractivity contribution in [2.24, 2.45) is 5.92 Å². The van der Waals surface area contributed by atoms with Gasteiger partial charge in [-0.3, -0.25) is 0 Å². The van der Waals surface area contributed by atoms with Crippen LogP contribution < -0.4 is 0 Å². The van der Waals surface area contributed by atoms with Gasteiger partial charge in [-0.25, -0.2) is 4.79 Å². The Labute approximate surface area is 172 Å². The summed E-state index contributed by atoms with van der Waals surface area (Å²) in [4.78, 5) is 13.4. The highest BCUT2D eigenvalue weighted by Gasteiger charge is 2.54. The van der Waals surface area contributed by atoms with E-state index in [9.17, 15) is 9.90 Å². The van der Waals surface area contributed by atoms with Crippen LogP contribution in [0, 0.1) is 5.92 Å². The molecule has 4 nitrogen and oxygen atoms in total. The monoisotopic (exact) mass is 406 g/mol. The molecule has 0 aliphatic carbocycles. The fraction of sp³-hybridized carbons (Fsp3) is 0.609. The first-order chi connectivity index (χ1) is 12.9. The molecule has 0 aromatic heterocycles. The van der Waals surface area contributed by atoms with Gasteiger partial charge in [-0.2, -0.15) is 0 Å². The summed E-state index contributed by atoms with van der Waals surface area (Å²) < 4.78 is 12.3. The Morgan fingerprint density at radius 3 is 2.29 bits per heavy atom. The number of benzene rings is 1. The van der Waals surface area contributed by atoms with Crippen LogP contribution in [0.2, 0.25) is 18.1 Å². The van der Waals surface area contributed by atoms with E-state index in [1.807, 2.05) is 44.2 Å². The highest BCUT2D eigenvalue weighted by molar-refractivity contribution is 6.74. The van der Waals surface area contributed by atoms with Crippen LogP contribution >= 0.6 is 0 Å². The maximum absolute atomic E-state index is 13.4. The summed E-state index contributed by atoms with van der Waals surface area (Å²) in [6, 6.07) is 9.53. The summed E-state index contributed by atoms with van der Waals surface area (Å²) in [6.45, 7) is 18.4. The first-order valence-corrected chi connectivity index (χ1v) is 13.0. The molecule has 3 atom stereocenters. The Morgan fingerprint density at radius 2 is 1.82 bits per heavy atom. The molecule has 1 N–H and O–H groups in total. The fourth-order valence-electron chi connectivity index (χ4n) is 2.82. The maximum atomic E-state index is 13.4. The van der Waals surface area contributed by atoms with Gasteiger partial charge in [0.05, 0.1) is 6.10 Å². The van der Waals surface area contributed by atoms with E-state index in [-0.39, 0.29) is 24.0 Å². The predicted molar refractivity (Wildman–Crippen MR) is 118 cm³/mol. The lowest BCUT2D eigenvalue weighted by Gasteiger charge is -2.47. The van der Waals surface area contributed by atoms with Crippen molar-refractivity contribution >= 4 is 14.3 Å². The molecule has 0 bridgehead atoms. The minimum Gasteiger partial charge on any atom is -0.459 e. The molecule has 0 saturated carbocycles. The number of esters is 1. The van der Waals surface area contributed by atoms with E-state index in [0.29, 0.717) is 0 Å². The summed E-state index contributed by atoms with van der Waals surface area (Å²) in [7, 11) is -2.38. The summed E-state index contributed by atoms with van der Waals surface area (Å²) in [6.07, 6.45) is 1.60. The second-order valence-corrected chi connectivity index (χ2v) is 13.9. The molecule has 0 saturated heterocycles. The standard InChI is InChI=1S/C23H38O4Si/c1-9-16-23(20(24)18(3)10-2,27-28(7,8)22(4,5)6)21(25)26-17-19-14-12-11-13-15-19/h9,11-15,18,20,24H,1,10,16-17H2,2-8H3/t18-,20+,23-/m0/s1. The van der Waals surface area contributed by atoms with E-state index in [1.165, 1.54) is 0 Å². The first kappa shape index (κ1) is 24.6. The van der Waals surface area contributed by atoms with Gasteiger partial charge in [0.2, 0.25) is 0 Å². The van der Waals surface area contributed by atoms with E-state index >= 15 is 0 Å². The lowest BCUT2D eigenvalue weighted by atomic mass is 9.84. The number of ether oxygens (including phenoxy) is 1. The molecular weight excluding hydrogens is 368 g/mol. The molecule has 0 spiro atoms. The number of hydrogen-bond donors (Lipinski definition) is 1. The average Bonchev–Trinajstić information content (AvgIpc) is 2.64. The molecule has 158 valence electrons. The molecule has 1 aromatic rings. The van der Waals surface area contributed by atoms with Crippen molar-refractivity contribution in [3.05, 3.63) is 48.6 Å². The molecule has 1 aromatic carbocycles. The van der Waals surface area contributed by atoms with Crippen molar-refractivity contribution in [3.8, 4) is 0 Å². The van der Waals surface area contributed by atoms with Gasteiger partial charge >= 0.3 is 5.97 Å². The predicted octanol–water partition coefficient (Wildman–Crippen LogP) is 5.47. The minimum absolute atomic E-state index is 0.117. The second kappa shape index (κ2) is 9.86. The molecule has 0 aliphatic rings. The van der Waals surface area contributed by atoms with Crippen LogP contribution in [0.3, 0.4) is 0 Å². The topological polar surface area (TPSA) is 55.8 Å². The number of carbonyl (C=O) groups is 1. The van der Waals surface area contributed by atoms with Crippen LogP contribution in [0.4, 0.5) is 0 Å². The quantitative estimate of drug-likeness (QED) is 0.318. The van der Waals surface area contributed by atoms with Crippen molar-refractivity contribution in [2.45, 2.75) is 83.9 Å². The summed E-state index contributed by atoms with van der Waals surface area (Å²) in [5.41, 5.74) is -0.552. The zero-order valence-electron chi connectivity index (χ0n) is 18.6. The van der Waals surface area contributed by atoms with E-state index in [2.05, 4.69) is 40.4 Å².